The summed E-state index contributed by atoms with van der Waals surface area (Å²) in [5.74, 6) is 1.69. The topological polar surface area (TPSA) is 69.0 Å². The molecule has 0 spiro atoms. The summed E-state index contributed by atoms with van der Waals surface area (Å²) in [6, 6.07) is 3.98. The van der Waals surface area contributed by atoms with Gasteiger partial charge >= 0.3 is 0 Å². The Morgan fingerprint density at radius 3 is 2.55 bits per heavy atom. The number of carbonyl (C=O) groups excluding carboxylic acids is 1. The van der Waals surface area contributed by atoms with Crippen LogP contribution in [0.5, 0.6) is 0 Å². The van der Waals surface area contributed by atoms with E-state index in [0.29, 0.717) is 17.6 Å². The van der Waals surface area contributed by atoms with Gasteiger partial charge in [0.25, 0.3) is 0 Å². The largest absolute Gasteiger partial charge is 0.339 e. The number of thiophene rings is 1. The minimum atomic E-state index is -0.0237. The van der Waals surface area contributed by atoms with Crippen LogP contribution in [0.25, 0.3) is 10.7 Å². The zero-order valence-electron chi connectivity index (χ0n) is 18.7. The van der Waals surface area contributed by atoms with E-state index in [0.717, 1.165) is 83.2 Å². The molecule has 0 aliphatic carbocycles. The van der Waals surface area contributed by atoms with Crippen LogP contribution in [0.3, 0.4) is 0 Å². The molecular formula is C22H34N6O2S. The Hall–Kier alpha value is -1.81. The van der Waals surface area contributed by atoms with Crippen molar-refractivity contribution in [1.82, 2.24) is 29.7 Å². The van der Waals surface area contributed by atoms with Crippen LogP contribution in [0, 0.1) is 0 Å². The number of hydrogen-bond donors (Lipinski definition) is 0. The summed E-state index contributed by atoms with van der Waals surface area (Å²) in [6.45, 7) is 14.0. The molecule has 0 saturated carbocycles. The minimum Gasteiger partial charge on any atom is -0.339 e. The van der Waals surface area contributed by atoms with E-state index in [1.54, 1.807) is 11.3 Å². The number of carbonyl (C=O) groups is 1. The predicted molar refractivity (Wildman–Crippen MR) is 122 cm³/mol. The Kier molecular flexibility index (Phi) is 7.71. The minimum absolute atomic E-state index is 0.0237. The van der Waals surface area contributed by atoms with Gasteiger partial charge in [-0.15, -0.1) is 11.3 Å². The Balaban J connectivity index is 1.16. The van der Waals surface area contributed by atoms with E-state index in [4.69, 9.17) is 4.52 Å². The lowest BCUT2D eigenvalue weighted by Gasteiger charge is -2.41. The molecule has 9 heteroatoms. The average Bonchev–Trinajstić information content (AvgIpc) is 3.51. The van der Waals surface area contributed by atoms with Crippen LogP contribution in [0.15, 0.2) is 22.0 Å². The van der Waals surface area contributed by atoms with Crippen LogP contribution < -0.4 is 0 Å². The molecule has 0 bridgehead atoms. The Morgan fingerprint density at radius 2 is 1.87 bits per heavy atom. The fourth-order valence-corrected chi connectivity index (χ4v) is 5.04. The van der Waals surface area contributed by atoms with Crippen LogP contribution in [0.4, 0.5) is 0 Å². The van der Waals surface area contributed by atoms with Crippen molar-refractivity contribution in [2.75, 3.05) is 65.4 Å². The van der Waals surface area contributed by atoms with Crippen molar-refractivity contribution < 1.29 is 9.32 Å². The summed E-state index contributed by atoms with van der Waals surface area (Å²) >= 11 is 1.62. The van der Waals surface area contributed by atoms with Gasteiger partial charge in [0, 0.05) is 58.8 Å². The first-order valence-electron chi connectivity index (χ1n) is 11.5. The third-order valence-corrected chi connectivity index (χ3v) is 7.38. The maximum atomic E-state index is 12.9. The Morgan fingerprint density at radius 1 is 1.13 bits per heavy atom. The summed E-state index contributed by atoms with van der Waals surface area (Å²) in [5, 5.41) is 6.10. The second-order valence-electron chi connectivity index (χ2n) is 8.41. The molecule has 4 heterocycles. The zero-order chi connectivity index (χ0) is 21.6. The van der Waals surface area contributed by atoms with Crippen molar-refractivity contribution in [3.05, 3.63) is 23.4 Å². The van der Waals surface area contributed by atoms with Crippen LogP contribution in [-0.2, 0) is 11.2 Å². The maximum Gasteiger partial charge on any atom is 0.239 e. The molecule has 2 aliphatic rings. The fraction of sp³-hybridized carbons (Fsp3) is 0.682. The van der Waals surface area contributed by atoms with Gasteiger partial charge in [-0.25, -0.2) is 0 Å². The standard InChI is InChI=1S/C22H34N6O2S/c1-3-25-9-15-28(16-10-25)22(29)18(2)27-13-11-26(12-14-27)8-4-7-20-23-21(24-30-20)19-6-5-17-31-19/h5-6,17-18H,3-4,7-16H2,1-2H3. The molecule has 2 aliphatic heterocycles. The van der Waals surface area contributed by atoms with Crippen molar-refractivity contribution in [2.24, 2.45) is 0 Å². The summed E-state index contributed by atoms with van der Waals surface area (Å²) in [4.78, 5) is 27.7. The van der Waals surface area contributed by atoms with E-state index in [2.05, 4.69) is 43.6 Å². The molecular weight excluding hydrogens is 412 g/mol. The third-order valence-electron chi connectivity index (χ3n) is 6.52. The van der Waals surface area contributed by atoms with E-state index < -0.39 is 0 Å². The molecule has 0 N–H and O–H groups in total. The highest BCUT2D eigenvalue weighted by Crippen LogP contribution is 2.21. The molecule has 0 radical (unpaired) electrons. The molecule has 2 fully saturated rings. The highest BCUT2D eigenvalue weighted by atomic mass is 32.1. The number of hydrogen-bond acceptors (Lipinski definition) is 8. The number of aromatic nitrogens is 2. The SMILES string of the molecule is CCN1CCN(C(=O)C(C)N2CCN(CCCc3nc(-c4cccs4)no3)CC2)CC1. The second-order valence-corrected chi connectivity index (χ2v) is 9.35. The molecule has 0 aromatic carbocycles. The van der Waals surface area contributed by atoms with E-state index in [-0.39, 0.29) is 6.04 Å². The average molecular weight is 447 g/mol. The van der Waals surface area contributed by atoms with Gasteiger partial charge in [-0.2, -0.15) is 4.98 Å². The van der Waals surface area contributed by atoms with Crippen LogP contribution in [0.2, 0.25) is 0 Å². The zero-order valence-corrected chi connectivity index (χ0v) is 19.5. The first kappa shape index (κ1) is 22.4. The molecule has 1 atom stereocenters. The quantitative estimate of drug-likeness (QED) is 0.613. The molecule has 31 heavy (non-hydrogen) atoms. The van der Waals surface area contributed by atoms with Gasteiger partial charge in [-0.1, -0.05) is 18.1 Å². The van der Waals surface area contributed by atoms with Gasteiger partial charge < -0.3 is 19.2 Å². The molecule has 8 nitrogen and oxygen atoms in total. The lowest BCUT2D eigenvalue weighted by atomic mass is 10.1. The lowest BCUT2D eigenvalue weighted by Crippen LogP contribution is -2.57. The van der Waals surface area contributed by atoms with Crippen LogP contribution >= 0.6 is 11.3 Å². The van der Waals surface area contributed by atoms with Crippen molar-refractivity contribution in [3.63, 3.8) is 0 Å². The first-order valence-corrected chi connectivity index (χ1v) is 12.4. The third kappa shape index (κ3) is 5.71. The highest BCUT2D eigenvalue weighted by Gasteiger charge is 2.30. The second kappa shape index (κ2) is 10.7. The predicted octanol–water partition coefficient (Wildman–Crippen LogP) is 1.90. The summed E-state index contributed by atoms with van der Waals surface area (Å²) in [7, 11) is 0. The van der Waals surface area contributed by atoms with Crippen LogP contribution in [-0.4, -0.2) is 107 Å². The van der Waals surface area contributed by atoms with Gasteiger partial charge in [0.2, 0.25) is 17.6 Å². The number of aryl methyl sites for hydroxylation is 1. The summed E-state index contributed by atoms with van der Waals surface area (Å²) < 4.78 is 5.40. The Labute approximate surface area is 188 Å². The van der Waals surface area contributed by atoms with Gasteiger partial charge in [0.15, 0.2) is 0 Å². The van der Waals surface area contributed by atoms with Gasteiger partial charge in [0.1, 0.15) is 0 Å². The van der Waals surface area contributed by atoms with Crippen molar-refractivity contribution in [3.8, 4) is 10.7 Å². The number of piperazine rings is 2. The molecule has 4 rings (SSSR count). The summed E-state index contributed by atoms with van der Waals surface area (Å²) in [6.07, 6.45) is 1.81. The number of nitrogens with zero attached hydrogens (tertiary/aromatic N) is 6. The molecule has 1 amide bonds. The molecule has 1 unspecified atom stereocenters. The monoisotopic (exact) mass is 446 g/mol. The van der Waals surface area contributed by atoms with Gasteiger partial charge in [-0.3, -0.25) is 9.69 Å². The van der Waals surface area contributed by atoms with Crippen molar-refractivity contribution in [2.45, 2.75) is 32.7 Å². The van der Waals surface area contributed by atoms with Crippen molar-refractivity contribution >= 4 is 17.2 Å². The molecule has 2 aromatic rings. The van der Waals surface area contributed by atoms with Gasteiger partial charge in [-0.05, 0) is 37.9 Å². The Bertz CT molecular complexity index is 810. The fourth-order valence-electron chi connectivity index (χ4n) is 4.40. The number of likely N-dealkylation sites (N-methyl/N-ethyl adjacent to an activating group) is 1. The lowest BCUT2D eigenvalue weighted by molar-refractivity contribution is -0.138. The van der Waals surface area contributed by atoms with Crippen LogP contribution in [0.1, 0.15) is 26.2 Å². The molecule has 170 valence electrons. The smallest absolute Gasteiger partial charge is 0.239 e. The van der Waals surface area contributed by atoms with E-state index in [1.165, 1.54) is 0 Å². The molecule has 2 aromatic heterocycles. The van der Waals surface area contributed by atoms with Gasteiger partial charge in [0.05, 0.1) is 10.9 Å². The molecule has 2 saturated heterocycles. The van der Waals surface area contributed by atoms with Crippen molar-refractivity contribution in [1.29, 1.82) is 0 Å². The maximum absolute atomic E-state index is 12.9. The summed E-state index contributed by atoms with van der Waals surface area (Å²) in [5.41, 5.74) is 0. The highest BCUT2D eigenvalue weighted by molar-refractivity contribution is 7.13. The van der Waals surface area contributed by atoms with E-state index >= 15 is 0 Å². The normalized spacial score (nSPS) is 20.3. The van der Waals surface area contributed by atoms with E-state index in [1.807, 2.05) is 17.5 Å². The van der Waals surface area contributed by atoms with E-state index in [9.17, 15) is 4.79 Å². The number of rotatable bonds is 8. The number of amides is 1. The first-order chi connectivity index (χ1) is 15.1.